The van der Waals surface area contributed by atoms with Crippen molar-refractivity contribution < 1.29 is 9.59 Å². The molecule has 0 fully saturated rings. The summed E-state index contributed by atoms with van der Waals surface area (Å²) in [7, 11) is 0. The predicted molar refractivity (Wildman–Crippen MR) is 77.5 cm³/mol. The fourth-order valence-electron chi connectivity index (χ4n) is 1.35. The summed E-state index contributed by atoms with van der Waals surface area (Å²) in [6.45, 7) is 0. The van der Waals surface area contributed by atoms with E-state index in [-0.39, 0.29) is 0 Å². The Kier molecular flexibility index (Phi) is 8.23. The molecule has 102 valence electrons. The van der Waals surface area contributed by atoms with Crippen molar-refractivity contribution in [1.29, 1.82) is 10.8 Å². The van der Waals surface area contributed by atoms with Gasteiger partial charge in [-0.1, -0.05) is 24.3 Å². The first-order chi connectivity index (χ1) is 9.58. The van der Waals surface area contributed by atoms with Gasteiger partial charge in [-0.05, 0) is 35.4 Å². The van der Waals surface area contributed by atoms with Crippen LogP contribution >= 0.6 is 0 Å². The van der Waals surface area contributed by atoms with Crippen LogP contribution < -0.4 is 11.5 Å². The molecule has 0 aliphatic carbocycles. The Morgan fingerprint density at radius 3 is 1.05 bits per heavy atom. The van der Waals surface area contributed by atoms with Gasteiger partial charge < -0.3 is 11.5 Å². The summed E-state index contributed by atoms with van der Waals surface area (Å²) in [5.74, 6) is 0. The van der Waals surface area contributed by atoms with Crippen LogP contribution in [0.2, 0.25) is 0 Å². The van der Waals surface area contributed by atoms with Gasteiger partial charge in [-0.15, -0.1) is 0 Å². The molecule has 0 saturated heterocycles. The SMILES string of the molecule is N=C=O.N=C=O.Nc1ccc(-c2ccc(N)cc2)cc1. The fraction of sp³-hybridized carbons (Fsp3) is 0. The lowest BCUT2D eigenvalue weighted by Crippen LogP contribution is -1.85. The maximum absolute atomic E-state index is 8.35. The molecule has 6 N–H and O–H groups in total. The molecular weight excluding hydrogens is 256 g/mol. The third-order valence-electron chi connectivity index (χ3n) is 2.15. The Hall–Kier alpha value is -3.20. The van der Waals surface area contributed by atoms with E-state index in [4.69, 9.17) is 31.9 Å². The predicted octanol–water partition coefficient (Wildman–Crippen LogP) is 2.32. The lowest BCUT2D eigenvalue weighted by molar-refractivity contribution is 0.562. The first kappa shape index (κ1) is 16.8. The molecule has 0 spiro atoms. The number of hydrogen-bond donors (Lipinski definition) is 4. The molecule has 2 rings (SSSR count). The highest BCUT2D eigenvalue weighted by Gasteiger charge is 1.95. The highest BCUT2D eigenvalue weighted by Crippen LogP contribution is 2.21. The van der Waals surface area contributed by atoms with Crippen molar-refractivity contribution in [1.82, 2.24) is 0 Å². The second-order valence-electron chi connectivity index (χ2n) is 3.45. The molecule has 0 radical (unpaired) electrons. The van der Waals surface area contributed by atoms with Gasteiger partial charge in [0.15, 0.2) is 0 Å². The van der Waals surface area contributed by atoms with Crippen LogP contribution in [0.1, 0.15) is 0 Å². The van der Waals surface area contributed by atoms with Crippen molar-refractivity contribution in [3.63, 3.8) is 0 Å². The van der Waals surface area contributed by atoms with Crippen molar-refractivity contribution in [2.24, 2.45) is 0 Å². The summed E-state index contributed by atoms with van der Waals surface area (Å²) in [6.07, 6.45) is 1.50. The van der Waals surface area contributed by atoms with Crippen LogP contribution in [0.15, 0.2) is 48.5 Å². The molecule has 0 unspecified atom stereocenters. The van der Waals surface area contributed by atoms with E-state index in [1.54, 1.807) is 0 Å². The largest absolute Gasteiger partial charge is 0.399 e. The maximum Gasteiger partial charge on any atom is 0.231 e. The van der Waals surface area contributed by atoms with Crippen LogP contribution in [0, 0.1) is 10.8 Å². The zero-order valence-electron chi connectivity index (χ0n) is 10.6. The zero-order valence-corrected chi connectivity index (χ0v) is 10.6. The van der Waals surface area contributed by atoms with E-state index in [1.807, 2.05) is 48.5 Å². The smallest absolute Gasteiger partial charge is 0.231 e. The number of anilines is 2. The van der Waals surface area contributed by atoms with Crippen molar-refractivity contribution in [3.8, 4) is 11.1 Å². The van der Waals surface area contributed by atoms with Gasteiger partial charge in [0.1, 0.15) is 0 Å². The Balaban J connectivity index is 0.000000520. The van der Waals surface area contributed by atoms with Crippen LogP contribution in [0.25, 0.3) is 11.1 Å². The molecule has 0 aliphatic rings. The van der Waals surface area contributed by atoms with E-state index in [0.29, 0.717) is 0 Å². The van der Waals surface area contributed by atoms with E-state index in [1.165, 1.54) is 0 Å². The summed E-state index contributed by atoms with van der Waals surface area (Å²) in [5.41, 5.74) is 15.1. The van der Waals surface area contributed by atoms with Gasteiger partial charge in [0, 0.05) is 11.4 Å². The van der Waals surface area contributed by atoms with E-state index in [2.05, 4.69) is 0 Å². The normalized spacial score (nSPS) is 7.80. The average Bonchev–Trinajstić information content (AvgIpc) is 2.42. The van der Waals surface area contributed by atoms with Crippen molar-refractivity contribution in [2.45, 2.75) is 0 Å². The van der Waals surface area contributed by atoms with Gasteiger partial charge in [0.2, 0.25) is 12.2 Å². The molecule has 0 atom stereocenters. The third kappa shape index (κ3) is 6.51. The lowest BCUT2D eigenvalue weighted by atomic mass is 10.1. The van der Waals surface area contributed by atoms with E-state index in [0.717, 1.165) is 34.7 Å². The van der Waals surface area contributed by atoms with Crippen molar-refractivity contribution in [3.05, 3.63) is 48.5 Å². The molecule has 0 amide bonds. The summed E-state index contributed by atoms with van der Waals surface area (Å²) in [6, 6.07) is 15.6. The minimum absolute atomic E-state index is 0.750. The Morgan fingerprint density at radius 2 is 0.850 bits per heavy atom. The number of rotatable bonds is 1. The van der Waals surface area contributed by atoms with Crippen LogP contribution in [0.5, 0.6) is 0 Å². The standard InChI is InChI=1S/C12H12N2.2CHNO/c13-11-5-1-9(2-6-11)10-3-7-12(14)8-4-10;2*2-1-3/h1-8H,13-14H2;2*2H. The molecular formula is C14H14N4O2. The molecule has 0 aromatic heterocycles. The zero-order chi connectivity index (χ0) is 15.4. The summed E-state index contributed by atoms with van der Waals surface area (Å²) < 4.78 is 0. The van der Waals surface area contributed by atoms with Gasteiger partial charge in [-0.2, -0.15) is 0 Å². The second-order valence-corrected chi connectivity index (χ2v) is 3.45. The number of nitrogens with two attached hydrogens (primary N) is 2. The van der Waals surface area contributed by atoms with Gasteiger partial charge in [-0.3, -0.25) is 0 Å². The number of nitrogens with one attached hydrogen (secondary N) is 2. The van der Waals surface area contributed by atoms with Crippen LogP contribution in [0.4, 0.5) is 11.4 Å². The molecule has 6 nitrogen and oxygen atoms in total. The second kappa shape index (κ2) is 9.79. The van der Waals surface area contributed by atoms with Crippen molar-refractivity contribution >= 4 is 23.5 Å². The summed E-state index contributed by atoms with van der Waals surface area (Å²) in [5, 5.41) is 10.8. The number of carbonyl (C=O) groups excluding carboxylic acids is 2. The Bertz CT molecular complexity index is 524. The van der Waals surface area contributed by atoms with E-state index >= 15 is 0 Å². The van der Waals surface area contributed by atoms with Crippen LogP contribution in [-0.2, 0) is 9.59 Å². The van der Waals surface area contributed by atoms with E-state index in [9.17, 15) is 0 Å². The Labute approximate surface area is 116 Å². The number of benzene rings is 2. The molecule has 0 saturated carbocycles. The summed E-state index contributed by atoms with van der Waals surface area (Å²) in [4.78, 5) is 16.7. The van der Waals surface area contributed by atoms with Crippen LogP contribution in [0.3, 0.4) is 0 Å². The van der Waals surface area contributed by atoms with Gasteiger partial charge in [0.25, 0.3) is 0 Å². The number of hydrogen-bond acceptors (Lipinski definition) is 6. The monoisotopic (exact) mass is 270 g/mol. The van der Waals surface area contributed by atoms with Crippen molar-refractivity contribution in [2.75, 3.05) is 11.5 Å². The highest BCUT2D eigenvalue weighted by atomic mass is 16.1. The third-order valence-corrected chi connectivity index (χ3v) is 2.15. The van der Waals surface area contributed by atoms with E-state index < -0.39 is 0 Å². The minimum atomic E-state index is 0.750. The maximum atomic E-state index is 8.35. The first-order valence-corrected chi connectivity index (χ1v) is 5.38. The minimum Gasteiger partial charge on any atom is -0.399 e. The average molecular weight is 270 g/mol. The topological polar surface area (TPSA) is 134 Å². The number of isocyanates is 2. The molecule has 2 aromatic rings. The Morgan fingerprint density at radius 1 is 0.650 bits per heavy atom. The van der Waals surface area contributed by atoms with Gasteiger partial charge in [-0.25, -0.2) is 20.4 Å². The molecule has 20 heavy (non-hydrogen) atoms. The van der Waals surface area contributed by atoms with Gasteiger partial charge in [0.05, 0.1) is 0 Å². The first-order valence-electron chi connectivity index (χ1n) is 5.38. The molecule has 2 aromatic carbocycles. The molecule has 0 bridgehead atoms. The molecule has 0 aliphatic heterocycles. The highest BCUT2D eigenvalue weighted by molar-refractivity contribution is 5.67. The number of nitrogen functional groups attached to an aromatic ring is 2. The van der Waals surface area contributed by atoms with Crippen LogP contribution in [-0.4, -0.2) is 12.2 Å². The molecule has 0 heterocycles. The van der Waals surface area contributed by atoms with Gasteiger partial charge >= 0.3 is 0 Å². The molecule has 6 heteroatoms. The summed E-state index contributed by atoms with van der Waals surface area (Å²) >= 11 is 0. The lowest BCUT2D eigenvalue weighted by Gasteiger charge is -2.02. The quantitative estimate of drug-likeness (QED) is 0.359. The fourth-order valence-corrected chi connectivity index (χ4v) is 1.35.